The molecule has 0 saturated carbocycles. The van der Waals surface area contributed by atoms with Gasteiger partial charge in [0.25, 0.3) is 0 Å². The van der Waals surface area contributed by atoms with E-state index in [4.69, 9.17) is 10.7 Å². The summed E-state index contributed by atoms with van der Waals surface area (Å²) in [5, 5.41) is 2.20. The predicted molar refractivity (Wildman–Crippen MR) is 122 cm³/mol. The Balaban J connectivity index is 1.64. The number of thiazole rings is 1. The maximum Gasteiger partial charge on any atom is 0.125 e. The minimum Gasteiger partial charge on any atom is -0.399 e. The van der Waals surface area contributed by atoms with Crippen LogP contribution < -0.4 is 5.73 Å². The van der Waals surface area contributed by atoms with E-state index in [1.54, 1.807) is 22.7 Å². The molecule has 0 amide bonds. The maximum atomic E-state index is 5.93. The second kappa shape index (κ2) is 6.37. The number of hydrogen-bond donors (Lipinski definition) is 1. The molecule has 0 radical (unpaired) electrons. The van der Waals surface area contributed by atoms with Crippen LogP contribution >= 0.6 is 22.7 Å². The first-order valence-electron chi connectivity index (χ1n) is 9.48. The van der Waals surface area contributed by atoms with E-state index in [1.807, 2.05) is 18.3 Å². The van der Waals surface area contributed by atoms with E-state index in [-0.39, 0.29) is 5.54 Å². The summed E-state index contributed by atoms with van der Waals surface area (Å²) in [6.07, 6.45) is 4.26. The second-order valence-electron chi connectivity index (χ2n) is 7.65. The summed E-state index contributed by atoms with van der Waals surface area (Å²) in [5.41, 5.74) is 10.2. The van der Waals surface area contributed by atoms with Crippen LogP contribution in [0.3, 0.4) is 0 Å². The largest absolute Gasteiger partial charge is 0.399 e. The number of benzene rings is 1. The summed E-state index contributed by atoms with van der Waals surface area (Å²) >= 11 is 3.48. The molecule has 1 aliphatic heterocycles. The first kappa shape index (κ1) is 17.8. The van der Waals surface area contributed by atoms with Gasteiger partial charge < -0.3 is 5.73 Å². The van der Waals surface area contributed by atoms with E-state index in [9.17, 15) is 0 Å². The zero-order valence-corrected chi connectivity index (χ0v) is 17.8. The lowest BCUT2D eigenvalue weighted by molar-refractivity contribution is 0.218. The molecule has 3 aromatic heterocycles. The number of hydrogen-bond acceptors (Lipinski definition) is 6. The Morgan fingerprint density at radius 1 is 1.18 bits per heavy atom. The number of fused-ring (bicyclic) bond motifs is 2. The normalized spacial score (nSPS) is 16.9. The number of nitrogen functional groups attached to an aromatic ring is 1. The van der Waals surface area contributed by atoms with E-state index in [0.29, 0.717) is 0 Å². The second-order valence-corrected chi connectivity index (χ2v) is 9.71. The zero-order valence-electron chi connectivity index (χ0n) is 16.2. The van der Waals surface area contributed by atoms with Crippen LogP contribution in [-0.2, 0) is 0 Å². The van der Waals surface area contributed by atoms with Gasteiger partial charge in [-0.3, -0.25) is 4.90 Å². The van der Waals surface area contributed by atoms with Crippen molar-refractivity contribution in [2.45, 2.75) is 26.3 Å². The highest BCUT2D eigenvalue weighted by molar-refractivity contribution is 7.22. The molecule has 1 aromatic carbocycles. The van der Waals surface area contributed by atoms with Gasteiger partial charge in [-0.05, 0) is 56.3 Å². The Kier molecular flexibility index (Phi) is 4.05. The highest BCUT2D eigenvalue weighted by Gasteiger charge is 2.35. The van der Waals surface area contributed by atoms with Crippen molar-refractivity contribution in [1.82, 2.24) is 14.9 Å². The third kappa shape index (κ3) is 2.67. The van der Waals surface area contributed by atoms with Gasteiger partial charge in [0.15, 0.2) is 0 Å². The van der Waals surface area contributed by atoms with Crippen LogP contribution in [0.25, 0.3) is 36.6 Å². The molecule has 6 heteroatoms. The molecule has 2 N–H and O–H groups in total. The van der Waals surface area contributed by atoms with Crippen LogP contribution in [-0.4, -0.2) is 33.5 Å². The minimum atomic E-state index is 0.0448. The van der Waals surface area contributed by atoms with Crippen molar-refractivity contribution in [2.24, 2.45) is 0 Å². The molecule has 0 unspecified atom stereocenters. The van der Waals surface area contributed by atoms with Crippen molar-refractivity contribution in [1.29, 1.82) is 0 Å². The summed E-state index contributed by atoms with van der Waals surface area (Å²) in [6.45, 7) is 8.91. The minimum absolute atomic E-state index is 0.0448. The van der Waals surface area contributed by atoms with Crippen LogP contribution in [0.5, 0.6) is 0 Å². The molecule has 1 aliphatic rings. The topological polar surface area (TPSA) is 55.0 Å². The van der Waals surface area contributed by atoms with Crippen LogP contribution in [0.1, 0.15) is 25.6 Å². The quantitative estimate of drug-likeness (QED) is 0.447. The van der Waals surface area contributed by atoms with Gasteiger partial charge in [0.05, 0.1) is 10.2 Å². The van der Waals surface area contributed by atoms with Gasteiger partial charge >= 0.3 is 0 Å². The van der Waals surface area contributed by atoms with Crippen molar-refractivity contribution >= 4 is 54.4 Å². The van der Waals surface area contributed by atoms with Gasteiger partial charge in [0.1, 0.15) is 9.84 Å². The number of nitrogens with zero attached hydrogens (tertiary/aromatic N) is 3. The van der Waals surface area contributed by atoms with Gasteiger partial charge in [-0.2, -0.15) is 0 Å². The lowest BCUT2D eigenvalue weighted by Gasteiger charge is -2.33. The lowest BCUT2D eigenvalue weighted by atomic mass is 9.94. The van der Waals surface area contributed by atoms with E-state index in [1.165, 1.54) is 15.8 Å². The van der Waals surface area contributed by atoms with E-state index in [2.05, 4.69) is 54.9 Å². The Bertz CT molecular complexity index is 1230. The highest BCUT2D eigenvalue weighted by Crippen LogP contribution is 2.43. The summed E-state index contributed by atoms with van der Waals surface area (Å²) in [5.74, 6) is 0. The fourth-order valence-electron chi connectivity index (χ4n) is 4.09. The average molecular weight is 407 g/mol. The molecule has 142 valence electrons. The molecule has 0 fully saturated rings. The molecule has 4 heterocycles. The van der Waals surface area contributed by atoms with Crippen molar-refractivity contribution in [3.8, 4) is 10.6 Å². The molecular formula is C22H22N4S2. The lowest BCUT2D eigenvalue weighted by Crippen LogP contribution is -2.40. The Morgan fingerprint density at radius 2 is 2.04 bits per heavy atom. The summed E-state index contributed by atoms with van der Waals surface area (Å²) in [4.78, 5) is 14.4. The number of pyridine rings is 1. The van der Waals surface area contributed by atoms with Gasteiger partial charge in [-0.1, -0.05) is 13.0 Å². The highest BCUT2D eigenvalue weighted by atomic mass is 32.1. The molecule has 0 bridgehead atoms. The summed E-state index contributed by atoms with van der Waals surface area (Å²) in [7, 11) is 0. The van der Waals surface area contributed by atoms with Crippen molar-refractivity contribution in [3.63, 3.8) is 0 Å². The number of thiophene rings is 1. The standard InChI is InChI=1S/C22H22N4S2/c1-4-26-10-8-16(22(26,2)3)19-12-15-14(7-9-24-20(15)28-19)21-25-17-11-13(23)5-6-18(17)27-21/h5-9,11-12H,4,10,23H2,1-3H3. The van der Waals surface area contributed by atoms with Gasteiger partial charge in [0, 0.05) is 39.8 Å². The molecule has 28 heavy (non-hydrogen) atoms. The number of nitrogens with two attached hydrogens (primary N) is 1. The van der Waals surface area contributed by atoms with Gasteiger partial charge in [-0.25, -0.2) is 9.97 Å². The molecule has 0 spiro atoms. The Labute approximate surface area is 172 Å². The Hall–Kier alpha value is -2.28. The molecule has 4 aromatic rings. The molecule has 4 nitrogen and oxygen atoms in total. The van der Waals surface area contributed by atoms with Crippen molar-refractivity contribution < 1.29 is 0 Å². The van der Waals surface area contributed by atoms with Crippen molar-refractivity contribution in [2.75, 3.05) is 18.8 Å². The van der Waals surface area contributed by atoms with Crippen LogP contribution in [0, 0.1) is 0 Å². The third-order valence-electron chi connectivity index (χ3n) is 5.69. The number of anilines is 1. The molecule has 5 rings (SSSR count). The summed E-state index contributed by atoms with van der Waals surface area (Å²) < 4.78 is 1.16. The van der Waals surface area contributed by atoms with Crippen LogP contribution in [0.2, 0.25) is 0 Å². The van der Waals surface area contributed by atoms with Crippen molar-refractivity contribution in [3.05, 3.63) is 47.5 Å². The van der Waals surface area contributed by atoms with E-state index < -0.39 is 0 Å². The van der Waals surface area contributed by atoms with E-state index in [0.717, 1.165) is 44.4 Å². The third-order valence-corrected chi connectivity index (χ3v) is 7.84. The maximum absolute atomic E-state index is 5.93. The fourth-order valence-corrected chi connectivity index (χ4v) is 6.30. The fraction of sp³-hybridized carbons (Fsp3) is 0.273. The number of aromatic nitrogens is 2. The molecular weight excluding hydrogens is 384 g/mol. The zero-order chi connectivity index (χ0) is 19.5. The Morgan fingerprint density at radius 3 is 2.82 bits per heavy atom. The average Bonchev–Trinajstić information content (AvgIpc) is 3.34. The monoisotopic (exact) mass is 406 g/mol. The first-order valence-corrected chi connectivity index (χ1v) is 11.1. The molecule has 0 atom stereocenters. The smallest absolute Gasteiger partial charge is 0.125 e. The first-order chi connectivity index (χ1) is 13.5. The van der Waals surface area contributed by atoms with Crippen LogP contribution in [0.4, 0.5) is 5.69 Å². The summed E-state index contributed by atoms with van der Waals surface area (Å²) in [6, 6.07) is 10.3. The predicted octanol–water partition coefficient (Wildman–Crippen LogP) is 5.65. The van der Waals surface area contributed by atoms with E-state index >= 15 is 0 Å². The number of rotatable bonds is 3. The number of likely N-dealkylation sites (N-methyl/N-ethyl adjacent to an activating group) is 1. The SMILES string of the molecule is CCN1CC=C(c2cc3c(-c4nc5cc(N)ccc5s4)ccnc3s2)C1(C)C. The molecule has 0 aliphatic carbocycles. The van der Waals surface area contributed by atoms with Gasteiger partial charge in [0.2, 0.25) is 0 Å². The van der Waals surface area contributed by atoms with Gasteiger partial charge in [-0.15, -0.1) is 22.7 Å². The molecule has 0 saturated heterocycles. The van der Waals surface area contributed by atoms with Crippen LogP contribution in [0.15, 0.2) is 42.6 Å².